The van der Waals surface area contributed by atoms with Crippen LogP contribution in [0.1, 0.15) is 29.7 Å². The van der Waals surface area contributed by atoms with Crippen molar-refractivity contribution in [2.24, 2.45) is 5.92 Å². The number of piperidine rings is 1. The van der Waals surface area contributed by atoms with Crippen molar-refractivity contribution < 1.29 is 9.18 Å². The minimum Gasteiger partial charge on any atom is -0.352 e. The molecule has 0 unspecified atom stereocenters. The van der Waals surface area contributed by atoms with E-state index >= 15 is 0 Å². The lowest BCUT2D eigenvalue weighted by Gasteiger charge is -2.31. The summed E-state index contributed by atoms with van der Waals surface area (Å²) in [4.78, 5) is 20.0. The number of fused-ring (bicyclic) bond motifs is 1. The molecule has 0 radical (unpaired) electrons. The molecule has 1 aliphatic heterocycles. The van der Waals surface area contributed by atoms with Gasteiger partial charge in [0.2, 0.25) is 5.91 Å². The maximum atomic E-state index is 13.8. The molecule has 1 N–H and O–H groups in total. The van der Waals surface area contributed by atoms with Crippen LogP contribution in [-0.4, -0.2) is 33.3 Å². The van der Waals surface area contributed by atoms with Gasteiger partial charge < -0.3 is 9.72 Å². The Morgan fingerprint density at radius 2 is 1.82 bits per heavy atom. The van der Waals surface area contributed by atoms with E-state index in [2.05, 4.69) is 32.9 Å². The lowest BCUT2D eigenvalue weighted by atomic mass is 9.95. The standard InChI is InChI=1S/C28H29FN4O/c1-20-10-11-21(17-24(20)29)18-30-28(34)23-12-15-32(16-13-23)19-25-27(22-7-3-2-4-8-22)31-26-9-5-6-14-33(25)26/h2-11,14,17,23H,12-13,15-16,18-19H2,1H3,(H,30,34). The number of hydrogen-bond donors (Lipinski definition) is 1. The minimum atomic E-state index is -0.234. The van der Waals surface area contributed by atoms with Gasteiger partial charge in [0.05, 0.1) is 11.4 Å². The van der Waals surface area contributed by atoms with Gasteiger partial charge in [-0.3, -0.25) is 9.69 Å². The fraction of sp³-hybridized carbons (Fsp3) is 0.286. The van der Waals surface area contributed by atoms with Crippen molar-refractivity contribution in [1.82, 2.24) is 19.6 Å². The van der Waals surface area contributed by atoms with E-state index in [9.17, 15) is 9.18 Å². The average molecular weight is 457 g/mol. The number of carbonyl (C=O) groups is 1. The van der Waals surface area contributed by atoms with E-state index in [0.717, 1.165) is 54.9 Å². The zero-order valence-electron chi connectivity index (χ0n) is 19.4. The van der Waals surface area contributed by atoms with Crippen LogP contribution in [0, 0.1) is 18.7 Å². The monoisotopic (exact) mass is 456 g/mol. The van der Waals surface area contributed by atoms with Gasteiger partial charge in [-0.1, -0.05) is 48.5 Å². The third-order valence-electron chi connectivity index (χ3n) is 6.71. The van der Waals surface area contributed by atoms with E-state index in [4.69, 9.17) is 4.98 Å². The molecule has 2 aromatic carbocycles. The zero-order chi connectivity index (χ0) is 23.5. The Morgan fingerprint density at radius 3 is 2.59 bits per heavy atom. The van der Waals surface area contributed by atoms with Gasteiger partial charge in [0.1, 0.15) is 11.5 Å². The molecule has 1 aliphatic rings. The van der Waals surface area contributed by atoms with E-state index in [1.54, 1.807) is 13.0 Å². The number of likely N-dealkylation sites (tertiary alicyclic amines) is 1. The van der Waals surface area contributed by atoms with Crippen molar-refractivity contribution in [2.45, 2.75) is 32.9 Å². The lowest BCUT2D eigenvalue weighted by Crippen LogP contribution is -2.40. The molecule has 174 valence electrons. The topological polar surface area (TPSA) is 49.6 Å². The number of halogens is 1. The number of amides is 1. The number of benzene rings is 2. The summed E-state index contributed by atoms with van der Waals surface area (Å²) in [5, 5.41) is 2.99. The molecule has 5 rings (SSSR count). The number of nitrogens with zero attached hydrogens (tertiary/aromatic N) is 3. The molecule has 6 heteroatoms. The molecule has 0 saturated carbocycles. The van der Waals surface area contributed by atoms with Gasteiger partial charge in [-0.2, -0.15) is 0 Å². The summed E-state index contributed by atoms with van der Waals surface area (Å²) in [6.07, 6.45) is 3.69. The predicted molar refractivity (Wildman–Crippen MR) is 132 cm³/mol. The highest BCUT2D eigenvalue weighted by atomic mass is 19.1. The van der Waals surface area contributed by atoms with E-state index < -0.39 is 0 Å². The quantitative estimate of drug-likeness (QED) is 0.445. The maximum Gasteiger partial charge on any atom is 0.223 e. The van der Waals surface area contributed by atoms with Gasteiger partial charge >= 0.3 is 0 Å². The second kappa shape index (κ2) is 9.77. The van der Waals surface area contributed by atoms with Crippen LogP contribution >= 0.6 is 0 Å². The van der Waals surface area contributed by atoms with Gasteiger partial charge in [0.25, 0.3) is 0 Å². The Hall–Kier alpha value is -3.51. The molecule has 0 spiro atoms. The van der Waals surface area contributed by atoms with Crippen molar-refractivity contribution >= 4 is 11.6 Å². The number of aromatic nitrogens is 2. The second-order valence-electron chi connectivity index (χ2n) is 9.05. The molecule has 2 aromatic heterocycles. The highest BCUT2D eigenvalue weighted by Gasteiger charge is 2.26. The summed E-state index contributed by atoms with van der Waals surface area (Å²) in [6, 6.07) is 21.5. The first-order valence-electron chi connectivity index (χ1n) is 11.8. The van der Waals surface area contributed by atoms with Crippen molar-refractivity contribution in [3.05, 3.63) is 95.6 Å². The van der Waals surface area contributed by atoms with E-state index in [1.807, 2.05) is 42.5 Å². The van der Waals surface area contributed by atoms with Gasteiger partial charge in [0.15, 0.2) is 0 Å². The third kappa shape index (κ3) is 4.73. The van der Waals surface area contributed by atoms with Crippen LogP contribution in [0.25, 0.3) is 16.9 Å². The van der Waals surface area contributed by atoms with Crippen LogP contribution < -0.4 is 5.32 Å². The molecule has 0 atom stereocenters. The molecule has 5 nitrogen and oxygen atoms in total. The Morgan fingerprint density at radius 1 is 1.06 bits per heavy atom. The summed E-state index contributed by atoms with van der Waals surface area (Å²) in [6.45, 7) is 4.59. The Kier molecular flexibility index (Phi) is 6.41. The number of rotatable bonds is 6. The number of pyridine rings is 1. The number of hydrogen-bond acceptors (Lipinski definition) is 3. The summed E-state index contributed by atoms with van der Waals surface area (Å²) >= 11 is 0. The van der Waals surface area contributed by atoms with Crippen molar-refractivity contribution in [2.75, 3.05) is 13.1 Å². The van der Waals surface area contributed by atoms with E-state index in [1.165, 1.54) is 11.8 Å². The van der Waals surface area contributed by atoms with Crippen LogP contribution in [-0.2, 0) is 17.9 Å². The molecule has 0 bridgehead atoms. The first kappa shape index (κ1) is 22.3. The van der Waals surface area contributed by atoms with Crippen molar-refractivity contribution in [3.8, 4) is 11.3 Å². The highest BCUT2D eigenvalue weighted by Crippen LogP contribution is 2.27. The van der Waals surface area contributed by atoms with Gasteiger partial charge in [-0.05, 0) is 62.2 Å². The van der Waals surface area contributed by atoms with Crippen LogP contribution in [0.15, 0.2) is 72.9 Å². The normalized spacial score (nSPS) is 15.0. The molecule has 0 aliphatic carbocycles. The average Bonchev–Trinajstić information content (AvgIpc) is 3.24. The highest BCUT2D eigenvalue weighted by molar-refractivity contribution is 5.78. The van der Waals surface area contributed by atoms with Crippen LogP contribution in [0.4, 0.5) is 4.39 Å². The van der Waals surface area contributed by atoms with Crippen LogP contribution in [0.5, 0.6) is 0 Å². The number of carbonyl (C=O) groups excluding carboxylic acids is 1. The van der Waals surface area contributed by atoms with Crippen LogP contribution in [0.3, 0.4) is 0 Å². The Labute approximate surface area is 199 Å². The summed E-state index contributed by atoms with van der Waals surface area (Å²) in [5.41, 5.74) is 5.64. The first-order valence-corrected chi connectivity index (χ1v) is 11.8. The molecule has 4 aromatic rings. The summed E-state index contributed by atoms with van der Waals surface area (Å²) in [7, 11) is 0. The second-order valence-corrected chi connectivity index (χ2v) is 9.05. The number of nitrogens with one attached hydrogen (secondary N) is 1. The van der Waals surface area contributed by atoms with Crippen molar-refractivity contribution in [3.63, 3.8) is 0 Å². The molecular weight excluding hydrogens is 427 g/mol. The SMILES string of the molecule is Cc1ccc(CNC(=O)C2CCN(Cc3c(-c4ccccc4)nc4ccccn34)CC2)cc1F. The smallest absolute Gasteiger partial charge is 0.223 e. The summed E-state index contributed by atoms with van der Waals surface area (Å²) in [5.74, 6) is -0.190. The van der Waals surface area contributed by atoms with Gasteiger partial charge in [0, 0.05) is 30.8 Å². The number of aryl methyl sites for hydroxylation is 1. The first-order chi connectivity index (χ1) is 16.6. The molecule has 3 heterocycles. The molecule has 1 amide bonds. The molecule has 1 fully saturated rings. The zero-order valence-corrected chi connectivity index (χ0v) is 19.4. The maximum absolute atomic E-state index is 13.8. The van der Waals surface area contributed by atoms with E-state index in [-0.39, 0.29) is 17.6 Å². The third-order valence-corrected chi connectivity index (χ3v) is 6.71. The van der Waals surface area contributed by atoms with Crippen molar-refractivity contribution in [1.29, 1.82) is 0 Å². The van der Waals surface area contributed by atoms with Crippen LogP contribution in [0.2, 0.25) is 0 Å². The molecule has 34 heavy (non-hydrogen) atoms. The number of imidazole rings is 1. The fourth-order valence-electron chi connectivity index (χ4n) is 4.67. The Bertz CT molecular complexity index is 1290. The molecular formula is C28H29FN4O. The van der Waals surface area contributed by atoms with Gasteiger partial charge in [-0.15, -0.1) is 0 Å². The largest absolute Gasteiger partial charge is 0.352 e. The van der Waals surface area contributed by atoms with Gasteiger partial charge in [-0.25, -0.2) is 9.37 Å². The lowest BCUT2D eigenvalue weighted by molar-refractivity contribution is -0.126. The minimum absolute atomic E-state index is 0.0117. The van der Waals surface area contributed by atoms with E-state index in [0.29, 0.717) is 12.1 Å². The predicted octanol–water partition coefficient (Wildman–Crippen LogP) is 4.98. The Balaban J connectivity index is 1.23. The fourth-order valence-corrected chi connectivity index (χ4v) is 4.67. The summed E-state index contributed by atoms with van der Waals surface area (Å²) < 4.78 is 15.9. The molecule has 1 saturated heterocycles.